The topological polar surface area (TPSA) is 24.7 Å². The Morgan fingerprint density at radius 1 is 1.27 bits per heavy atom. The molecule has 116 valence electrons. The fourth-order valence-corrected chi connectivity index (χ4v) is 2.77. The van der Waals surface area contributed by atoms with Crippen LogP contribution in [0.4, 0.5) is 0 Å². The zero-order valence-electron chi connectivity index (χ0n) is 13.8. The van der Waals surface area contributed by atoms with Crippen LogP contribution in [0.25, 0.3) is 0 Å². The second kappa shape index (κ2) is 9.96. The first-order valence-corrected chi connectivity index (χ1v) is 8.12. The minimum Gasteiger partial charge on any atom is -0.292 e. The van der Waals surface area contributed by atoms with Gasteiger partial charge in [0.05, 0.1) is 0 Å². The molecule has 0 radical (unpaired) electrons. The number of aliphatic imine (C=N–C) groups is 2. The molecule has 0 aromatic heterocycles. The highest BCUT2D eigenvalue weighted by atomic mass is 32.2. The minimum absolute atomic E-state index is 0.677. The minimum atomic E-state index is 0.677. The highest BCUT2D eigenvalue weighted by Gasteiger charge is 2.11. The summed E-state index contributed by atoms with van der Waals surface area (Å²) in [5.41, 5.74) is 3.10. The molecule has 0 N–H and O–H groups in total. The van der Waals surface area contributed by atoms with Crippen LogP contribution in [0.3, 0.4) is 0 Å². The number of allylic oxidation sites excluding steroid dienone is 6. The van der Waals surface area contributed by atoms with Gasteiger partial charge < -0.3 is 0 Å². The van der Waals surface area contributed by atoms with Crippen LogP contribution in [0.5, 0.6) is 0 Å². The van der Waals surface area contributed by atoms with Crippen molar-refractivity contribution in [3.05, 3.63) is 64.7 Å². The quantitative estimate of drug-likeness (QED) is 0.361. The summed E-state index contributed by atoms with van der Waals surface area (Å²) in [5, 5.41) is 0. The zero-order valence-corrected chi connectivity index (χ0v) is 14.7. The van der Waals surface area contributed by atoms with E-state index in [1.54, 1.807) is 11.8 Å². The fraction of sp³-hybridized carbons (Fsp3) is 0.263. The summed E-state index contributed by atoms with van der Waals surface area (Å²) in [4.78, 5) is 11.1. The van der Waals surface area contributed by atoms with Crippen LogP contribution in [0.15, 0.2) is 74.1 Å². The molecule has 0 aliphatic carbocycles. The van der Waals surface area contributed by atoms with E-state index in [1.165, 1.54) is 9.80 Å². The van der Waals surface area contributed by atoms with Gasteiger partial charge in [-0.05, 0) is 44.5 Å². The van der Waals surface area contributed by atoms with Crippen LogP contribution in [0, 0.1) is 0 Å². The van der Waals surface area contributed by atoms with Crippen molar-refractivity contribution in [2.24, 2.45) is 9.98 Å². The van der Waals surface area contributed by atoms with Gasteiger partial charge in [-0.3, -0.25) is 9.98 Å². The van der Waals surface area contributed by atoms with Crippen molar-refractivity contribution in [1.29, 1.82) is 0 Å². The van der Waals surface area contributed by atoms with E-state index >= 15 is 0 Å². The van der Waals surface area contributed by atoms with E-state index in [9.17, 15) is 0 Å². The lowest BCUT2D eigenvalue weighted by Crippen LogP contribution is -2.04. The van der Waals surface area contributed by atoms with E-state index in [1.807, 2.05) is 38.3 Å². The molecule has 1 aromatic rings. The Labute approximate surface area is 138 Å². The number of nitrogens with zero attached hydrogens (tertiary/aromatic N) is 2. The Kier molecular flexibility index (Phi) is 8.23. The molecule has 1 rings (SSSR count). The molecular formula is C19H24N2S. The molecule has 0 aliphatic heterocycles. The second-order valence-electron chi connectivity index (χ2n) is 4.69. The first kappa shape index (κ1) is 18.2. The lowest BCUT2D eigenvalue weighted by Gasteiger charge is -2.12. The highest BCUT2D eigenvalue weighted by molar-refractivity contribution is 8.03. The molecule has 0 unspecified atom stereocenters. The van der Waals surface area contributed by atoms with Gasteiger partial charge in [0.2, 0.25) is 0 Å². The molecule has 0 amide bonds. The van der Waals surface area contributed by atoms with Gasteiger partial charge >= 0.3 is 0 Å². The molecule has 0 spiro atoms. The standard InChI is InChI=1S/C19H24N2S/c1-6-8-11-16(20-4)14-18(21-5)17-12-9-10-13-19(17)22-15(3)7-2/h6-13H,4,14H2,1-3,5H3/b8-6-,15-7+,16-11-,21-18?. The van der Waals surface area contributed by atoms with Crippen molar-refractivity contribution in [2.75, 3.05) is 7.05 Å². The van der Waals surface area contributed by atoms with E-state index in [-0.39, 0.29) is 0 Å². The predicted molar refractivity (Wildman–Crippen MR) is 101 cm³/mol. The summed E-state index contributed by atoms with van der Waals surface area (Å²) in [6, 6.07) is 8.36. The lowest BCUT2D eigenvalue weighted by molar-refractivity contribution is 1.18. The van der Waals surface area contributed by atoms with Crippen molar-refractivity contribution in [3.63, 3.8) is 0 Å². The second-order valence-corrected chi connectivity index (χ2v) is 5.97. The van der Waals surface area contributed by atoms with Crippen molar-refractivity contribution < 1.29 is 0 Å². The third-order valence-corrected chi connectivity index (χ3v) is 4.31. The van der Waals surface area contributed by atoms with Gasteiger partial charge in [0, 0.05) is 35.3 Å². The Hall–Kier alpha value is -1.87. The average Bonchev–Trinajstić information content (AvgIpc) is 2.56. The zero-order chi connectivity index (χ0) is 16.4. The van der Waals surface area contributed by atoms with E-state index in [4.69, 9.17) is 0 Å². The van der Waals surface area contributed by atoms with Crippen molar-refractivity contribution in [1.82, 2.24) is 0 Å². The molecule has 0 aliphatic rings. The van der Waals surface area contributed by atoms with Crippen LogP contribution >= 0.6 is 11.8 Å². The predicted octanol–water partition coefficient (Wildman–Crippen LogP) is 5.67. The molecule has 0 atom stereocenters. The van der Waals surface area contributed by atoms with Crippen molar-refractivity contribution in [3.8, 4) is 0 Å². The Bertz CT molecular complexity index is 622. The first-order chi connectivity index (χ1) is 10.7. The fourth-order valence-electron chi connectivity index (χ4n) is 1.87. The van der Waals surface area contributed by atoms with Crippen molar-refractivity contribution >= 4 is 24.2 Å². The van der Waals surface area contributed by atoms with Crippen LogP contribution in [0.2, 0.25) is 0 Å². The molecule has 0 heterocycles. The molecule has 0 bridgehead atoms. The normalized spacial score (nSPS) is 13.7. The van der Waals surface area contributed by atoms with E-state index in [0.717, 1.165) is 17.0 Å². The molecule has 22 heavy (non-hydrogen) atoms. The third-order valence-electron chi connectivity index (χ3n) is 3.18. The van der Waals surface area contributed by atoms with Gasteiger partial charge in [-0.15, -0.1) is 0 Å². The third kappa shape index (κ3) is 5.49. The first-order valence-electron chi connectivity index (χ1n) is 7.30. The van der Waals surface area contributed by atoms with Gasteiger partial charge in [0.1, 0.15) is 0 Å². The number of benzene rings is 1. The average molecular weight is 312 g/mol. The number of rotatable bonds is 7. The van der Waals surface area contributed by atoms with Crippen molar-refractivity contribution in [2.45, 2.75) is 32.1 Å². The summed E-state index contributed by atoms with van der Waals surface area (Å²) in [6.45, 7) is 9.81. The van der Waals surface area contributed by atoms with Crippen LogP contribution in [-0.4, -0.2) is 19.5 Å². The van der Waals surface area contributed by atoms with Gasteiger partial charge in [0.25, 0.3) is 0 Å². The Morgan fingerprint density at radius 3 is 2.59 bits per heavy atom. The lowest BCUT2D eigenvalue weighted by atomic mass is 10.1. The maximum atomic E-state index is 4.48. The molecule has 0 saturated carbocycles. The van der Waals surface area contributed by atoms with Gasteiger partial charge in [-0.25, -0.2) is 0 Å². The van der Waals surface area contributed by atoms with Gasteiger partial charge in [0.15, 0.2) is 0 Å². The highest BCUT2D eigenvalue weighted by Crippen LogP contribution is 2.30. The van der Waals surface area contributed by atoms with E-state index in [0.29, 0.717) is 6.42 Å². The molecule has 0 saturated heterocycles. The number of thioether (sulfide) groups is 1. The molecule has 2 nitrogen and oxygen atoms in total. The Balaban J connectivity index is 3.13. The maximum absolute atomic E-state index is 4.48. The van der Waals surface area contributed by atoms with Gasteiger partial charge in [-0.2, -0.15) is 0 Å². The van der Waals surface area contributed by atoms with Gasteiger partial charge in [-0.1, -0.05) is 48.2 Å². The Morgan fingerprint density at radius 2 is 2.00 bits per heavy atom. The smallest absolute Gasteiger partial charge is 0.0488 e. The molecular weight excluding hydrogens is 288 g/mol. The largest absolute Gasteiger partial charge is 0.292 e. The SMILES string of the molecule is C=N/C(=C\C=C/C)CC(=NC)c1ccccc1S/C(C)=C/C. The van der Waals surface area contributed by atoms with E-state index in [2.05, 4.69) is 54.8 Å². The maximum Gasteiger partial charge on any atom is 0.0488 e. The van der Waals surface area contributed by atoms with Crippen LogP contribution < -0.4 is 0 Å². The summed E-state index contributed by atoms with van der Waals surface area (Å²) in [5.74, 6) is 0. The van der Waals surface area contributed by atoms with Crippen LogP contribution in [-0.2, 0) is 0 Å². The van der Waals surface area contributed by atoms with E-state index < -0.39 is 0 Å². The summed E-state index contributed by atoms with van der Waals surface area (Å²) in [6.07, 6.45) is 8.73. The molecule has 3 heteroatoms. The number of hydrogen-bond donors (Lipinski definition) is 0. The number of hydrogen-bond acceptors (Lipinski definition) is 3. The molecule has 0 fully saturated rings. The summed E-state index contributed by atoms with van der Waals surface area (Å²) >= 11 is 1.77. The summed E-state index contributed by atoms with van der Waals surface area (Å²) in [7, 11) is 1.83. The monoisotopic (exact) mass is 312 g/mol. The van der Waals surface area contributed by atoms with Crippen LogP contribution in [0.1, 0.15) is 32.8 Å². The summed E-state index contributed by atoms with van der Waals surface area (Å²) < 4.78 is 0. The molecule has 1 aromatic carbocycles.